The molecule has 1 rings (SSSR count). The van der Waals surface area contributed by atoms with Gasteiger partial charge in [0.1, 0.15) is 0 Å². The maximum atomic E-state index is 8.53. The van der Waals surface area contributed by atoms with Crippen molar-refractivity contribution in [2.45, 2.75) is 13.8 Å². The van der Waals surface area contributed by atoms with Crippen LogP contribution in [-0.2, 0) is 0 Å². The van der Waals surface area contributed by atoms with E-state index in [1.54, 1.807) is 6.08 Å². The molecule has 0 heterocycles. The van der Waals surface area contributed by atoms with Gasteiger partial charge in [-0.1, -0.05) is 24.8 Å². The summed E-state index contributed by atoms with van der Waals surface area (Å²) >= 11 is 0. The molecule has 0 unspecified atom stereocenters. The first-order valence-corrected chi connectivity index (χ1v) is 4.49. The van der Waals surface area contributed by atoms with E-state index in [-0.39, 0.29) is 0 Å². The van der Waals surface area contributed by atoms with Crippen LogP contribution >= 0.6 is 0 Å². The summed E-state index contributed by atoms with van der Waals surface area (Å²) in [4.78, 5) is 0. The van der Waals surface area contributed by atoms with E-state index in [1.807, 2.05) is 44.2 Å². The Morgan fingerprint density at radius 2 is 2.21 bits per heavy atom. The molecule has 0 spiro atoms. The molecule has 0 saturated carbocycles. The molecule has 14 heavy (non-hydrogen) atoms. The van der Waals surface area contributed by atoms with E-state index >= 15 is 0 Å². The zero-order chi connectivity index (χ0) is 10.6. The van der Waals surface area contributed by atoms with Gasteiger partial charge in [-0.25, -0.2) is 0 Å². The Labute approximate surface area is 85.0 Å². The summed E-state index contributed by atoms with van der Waals surface area (Å²) in [6.45, 7) is 7.73. The van der Waals surface area contributed by atoms with E-state index in [1.165, 1.54) is 5.56 Å². The van der Waals surface area contributed by atoms with Gasteiger partial charge in [0.15, 0.2) is 0 Å². The van der Waals surface area contributed by atoms with Crippen LogP contribution in [0.1, 0.15) is 23.6 Å². The predicted octanol–water partition coefficient (Wildman–Crippen LogP) is 3.56. The van der Waals surface area contributed by atoms with E-state index in [0.717, 1.165) is 16.7 Å². The number of allylic oxidation sites excluding steroid dienone is 2. The minimum Gasteiger partial charge on any atom is -0.193 e. The minimum absolute atomic E-state index is 0.982. The molecule has 0 amide bonds. The van der Waals surface area contributed by atoms with Crippen molar-refractivity contribution in [1.29, 1.82) is 5.26 Å². The topological polar surface area (TPSA) is 23.8 Å². The smallest absolute Gasteiger partial charge is 0.0915 e. The van der Waals surface area contributed by atoms with Gasteiger partial charge in [-0.3, -0.25) is 0 Å². The van der Waals surface area contributed by atoms with Crippen molar-refractivity contribution < 1.29 is 0 Å². The van der Waals surface area contributed by atoms with Gasteiger partial charge in [0, 0.05) is 6.08 Å². The van der Waals surface area contributed by atoms with Gasteiger partial charge in [-0.15, -0.1) is 0 Å². The number of hydrogen-bond acceptors (Lipinski definition) is 1. The monoisotopic (exact) mass is 183 g/mol. The van der Waals surface area contributed by atoms with E-state index < -0.39 is 0 Å². The molecule has 0 N–H and O–H groups in total. The largest absolute Gasteiger partial charge is 0.193 e. The first-order chi connectivity index (χ1) is 6.69. The average Bonchev–Trinajstić information content (AvgIpc) is 2.19. The van der Waals surface area contributed by atoms with Crippen molar-refractivity contribution in [3.63, 3.8) is 0 Å². The fourth-order valence-corrected chi connectivity index (χ4v) is 1.29. The lowest BCUT2D eigenvalue weighted by Gasteiger charge is -2.04. The quantitative estimate of drug-likeness (QED) is 0.643. The number of nitrogens with zero attached hydrogens (tertiary/aromatic N) is 1. The summed E-state index contributed by atoms with van der Waals surface area (Å²) in [6, 6.07) is 8.14. The van der Waals surface area contributed by atoms with Crippen molar-refractivity contribution in [3.05, 3.63) is 47.5 Å². The SMILES string of the molecule is C=Cc1cc(/C(C)=C/C#N)ccc1C. The fourth-order valence-electron chi connectivity index (χ4n) is 1.29. The second-order valence-corrected chi connectivity index (χ2v) is 3.23. The normalized spacial score (nSPS) is 10.8. The summed E-state index contributed by atoms with van der Waals surface area (Å²) in [5.41, 5.74) is 4.38. The number of nitriles is 1. The molecule has 0 aliphatic carbocycles. The zero-order valence-corrected chi connectivity index (χ0v) is 8.54. The number of hydrogen-bond donors (Lipinski definition) is 0. The first kappa shape index (κ1) is 10.3. The van der Waals surface area contributed by atoms with Gasteiger partial charge in [0.25, 0.3) is 0 Å². The van der Waals surface area contributed by atoms with Crippen LogP contribution in [0.3, 0.4) is 0 Å². The molecule has 0 atom stereocenters. The van der Waals surface area contributed by atoms with Crippen molar-refractivity contribution in [3.8, 4) is 6.07 Å². The third-order valence-electron chi connectivity index (χ3n) is 2.24. The van der Waals surface area contributed by atoms with E-state index in [9.17, 15) is 0 Å². The van der Waals surface area contributed by atoms with Crippen molar-refractivity contribution in [2.24, 2.45) is 0 Å². The van der Waals surface area contributed by atoms with Gasteiger partial charge in [-0.05, 0) is 42.2 Å². The summed E-state index contributed by atoms with van der Waals surface area (Å²) in [5, 5.41) is 8.53. The Morgan fingerprint density at radius 3 is 2.79 bits per heavy atom. The van der Waals surface area contributed by atoms with Crippen LogP contribution < -0.4 is 0 Å². The second kappa shape index (κ2) is 4.43. The van der Waals surface area contributed by atoms with E-state index in [2.05, 4.69) is 6.58 Å². The number of rotatable bonds is 2. The fraction of sp³-hybridized carbons (Fsp3) is 0.154. The van der Waals surface area contributed by atoms with Gasteiger partial charge >= 0.3 is 0 Å². The van der Waals surface area contributed by atoms with E-state index in [4.69, 9.17) is 5.26 Å². The number of aryl methyl sites for hydroxylation is 1. The summed E-state index contributed by atoms with van der Waals surface area (Å²) in [6.07, 6.45) is 3.38. The highest BCUT2D eigenvalue weighted by atomic mass is 14.2. The first-order valence-electron chi connectivity index (χ1n) is 4.49. The molecule has 0 aliphatic rings. The average molecular weight is 183 g/mol. The highest BCUT2D eigenvalue weighted by Crippen LogP contribution is 2.18. The molecule has 0 saturated heterocycles. The van der Waals surface area contributed by atoms with Gasteiger partial charge in [0.05, 0.1) is 6.07 Å². The Hall–Kier alpha value is -1.81. The van der Waals surface area contributed by atoms with E-state index in [0.29, 0.717) is 0 Å². The molecule has 1 aromatic carbocycles. The Kier molecular flexibility index (Phi) is 3.25. The lowest BCUT2D eigenvalue weighted by Crippen LogP contribution is -1.85. The van der Waals surface area contributed by atoms with Crippen LogP contribution in [0, 0.1) is 18.3 Å². The van der Waals surface area contributed by atoms with Gasteiger partial charge in [0.2, 0.25) is 0 Å². The maximum Gasteiger partial charge on any atom is 0.0915 e. The van der Waals surface area contributed by atoms with Crippen molar-refractivity contribution in [1.82, 2.24) is 0 Å². The zero-order valence-electron chi connectivity index (χ0n) is 8.54. The third-order valence-corrected chi connectivity index (χ3v) is 2.24. The molecule has 1 aromatic rings. The summed E-state index contributed by atoms with van der Waals surface area (Å²) < 4.78 is 0. The van der Waals surface area contributed by atoms with Crippen LogP contribution in [0.25, 0.3) is 11.6 Å². The van der Waals surface area contributed by atoms with Crippen LogP contribution in [0.2, 0.25) is 0 Å². The van der Waals surface area contributed by atoms with Crippen molar-refractivity contribution >= 4 is 11.6 Å². The molecule has 1 nitrogen and oxygen atoms in total. The van der Waals surface area contributed by atoms with Crippen LogP contribution in [0.15, 0.2) is 30.9 Å². The molecule has 1 heteroatoms. The lowest BCUT2D eigenvalue weighted by molar-refractivity contribution is 1.42. The summed E-state index contributed by atoms with van der Waals surface area (Å²) in [7, 11) is 0. The van der Waals surface area contributed by atoms with Crippen LogP contribution in [0.5, 0.6) is 0 Å². The molecule has 0 aromatic heterocycles. The molecule has 0 aliphatic heterocycles. The Bertz CT molecular complexity index is 419. The number of benzene rings is 1. The van der Waals surface area contributed by atoms with Crippen LogP contribution in [0.4, 0.5) is 0 Å². The highest BCUT2D eigenvalue weighted by Gasteiger charge is 1.98. The molecular weight excluding hydrogens is 170 g/mol. The maximum absolute atomic E-state index is 8.53. The molecular formula is C13H13N. The predicted molar refractivity (Wildman–Crippen MR) is 60.5 cm³/mol. The highest BCUT2D eigenvalue weighted by molar-refractivity contribution is 5.69. The van der Waals surface area contributed by atoms with Gasteiger partial charge < -0.3 is 0 Å². The molecule has 0 bridgehead atoms. The second-order valence-electron chi connectivity index (χ2n) is 3.23. The third kappa shape index (κ3) is 2.11. The molecule has 0 radical (unpaired) electrons. The molecule has 0 fully saturated rings. The summed E-state index contributed by atoms with van der Waals surface area (Å²) in [5.74, 6) is 0. The molecule has 70 valence electrons. The Morgan fingerprint density at radius 1 is 1.50 bits per heavy atom. The Balaban J connectivity index is 3.20. The van der Waals surface area contributed by atoms with Gasteiger partial charge in [-0.2, -0.15) is 5.26 Å². The lowest BCUT2D eigenvalue weighted by atomic mass is 10.0. The van der Waals surface area contributed by atoms with Crippen LogP contribution in [-0.4, -0.2) is 0 Å². The van der Waals surface area contributed by atoms with Crippen molar-refractivity contribution in [2.75, 3.05) is 0 Å². The standard InChI is InChI=1S/C13H13N/c1-4-12-9-13(6-5-10(12)2)11(3)7-8-14/h4-7,9H,1H2,2-3H3/b11-7+. The minimum atomic E-state index is 0.982.